The highest BCUT2D eigenvalue weighted by molar-refractivity contribution is 6.30. The zero-order chi connectivity index (χ0) is 19.1. The second-order valence-corrected chi connectivity index (χ2v) is 7.28. The third-order valence-electron chi connectivity index (χ3n) is 4.81. The van der Waals surface area contributed by atoms with E-state index >= 15 is 0 Å². The van der Waals surface area contributed by atoms with E-state index in [0.29, 0.717) is 18.0 Å². The Labute approximate surface area is 163 Å². The maximum Gasteiger partial charge on any atom is 0.254 e. The summed E-state index contributed by atoms with van der Waals surface area (Å²) in [7, 11) is 0. The van der Waals surface area contributed by atoms with Gasteiger partial charge >= 0.3 is 0 Å². The maximum absolute atomic E-state index is 11.9. The highest BCUT2D eigenvalue weighted by atomic mass is 35.5. The number of nitrogens with zero attached hydrogens (tertiary/aromatic N) is 1. The summed E-state index contributed by atoms with van der Waals surface area (Å²) in [6.07, 6.45) is 4.88. The molecule has 2 N–H and O–H groups in total. The number of likely N-dealkylation sites (tertiary alicyclic amines) is 1. The second-order valence-electron chi connectivity index (χ2n) is 6.84. The molecule has 1 aliphatic heterocycles. The number of rotatable bonds is 7. The zero-order valence-electron chi connectivity index (χ0n) is 15.1. The third-order valence-corrected chi connectivity index (χ3v) is 5.06. The Morgan fingerprint density at radius 2 is 1.85 bits per heavy atom. The first-order valence-electron chi connectivity index (χ1n) is 9.14. The Hall–Kier alpha value is -2.31. The fourth-order valence-corrected chi connectivity index (χ4v) is 3.30. The van der Waals surface area contributed by atoms with E-state index in [-0.39, 0.29) is 18.4 Å². The van der Waals surface area contributed by atoms with Crippen molar-refractivity contribution in [2.45, 2.75) is 19.4 Å². The molecule has 2 aromatic rings. The van der Waals surface area contributed by atoms with Gasteiger partial charge in [-0.2, -0.15) is 0 Å². The molecule has 1 fully saturated rings. The van der Waals surface area contributed by atoms with Crippen LogP contribution in [0.2, 0.25) is 5.02 Å². The minimum atomic E-state index is -0.311. The molecule has 1 aromatic carbocycles. The fraction of sp³-hybridized carbons (Fsp3) is 0.400. The number of piperidine rings is 1. The van der Waals surface area contributed by atoms with Crippen molar-refractivity contribution in [1.82, 2.24) is 15.5 Å². The zero-order valence-corrected chi connectivity index (χ0v) is 15.9. The predicted octanol–water partition coefficient (Wildman–Crippen LogP) is 2.69. The van der Waals surface area contributed by atoms with E-state index in [4.69, 9.17) is 16.0 Å². The maximum atomic E-state index is 11.9. The molecule has 1 aromatic heterocycles. The molecule has 0 unspecified atom stereocenters. The predicted molar refractivity (Wildman–Crippen MR) is 104 cm³/mol. The minimum absolute atomic E-state index is 0.0283. The van der Waals surface area contributed by atoms with E-state index in [0.717, 1.165) is 37.5 Å². The molecule has 6 nitrogen and oxygen atoms in total. The number of carbonyl (C=O) groups excluding carboxylic acids is 2. The van der Waals surface area contributed by atoms with Gasteiger partial charge in [0.15, 0.2) is 0 Å². The first-order chi connectivity index (χ1) is 13.1. The molecule has 7 heteroatoms. The molecule has 144 valence electrons. The molecule has 0 saturated carbocycles. The average Bonchev–Trinajstić information content (AvgIpc) is 3.22. The second kappa shape index (κ2) is 9.58. The lowest BCUT2D eigenvalue weighted by Gasteiger charge is -2.32. The summed E-state index contributed by atoms with van der Waals surface area (Å²) >= 11 is 5.92. The molecule has 0 bridgehead atoms. The van der Waals surface area contributed by atoms with Crippen LogP contribution in [0, 0.1) is 5.92 Å². The van der Waals surface area contributed by atoms with E-state index < -0.39 is 0 Å². The summed E-state index contributed by atoms with van der Waals surface area (Å²) in [5.41, 5.74) is 1.68. The largest absolute Gasteiger partial charge is 0.472 e. The number of hydrogen-bond acceptors (Lipinski definition) is 4. The lowest BCUT2D eigenvalue weighted by Crippen LogP contribution is -2.41. The summed E-state index contributed by atoms with van der Waals surface area (Å²) < 4.78 is 4.85. The van der Waals surface area contributed by atoms with Gasteiger partial charge in [0.1, 0.15) is 6.26 Å². The van der Waals surface area contributed by atoms with Gasteiger partial charge in [-0.1, -0.05) is 23.7 Å². The van der Waals surface area contributed by atoms with Crippen LogP contribution in [0.1, 0.15) is 28.8 Å². The summed E-state index contributed by atoms with van der Waals surface area (Å²) in [5, 5.41) is 6.25. The smallest absolute Gasteiger partial charge is 0.254 e. The van der Waals surface area contributed by atoms with Crippen LogP contribution in [0.5, 0.6) is 0 Å². The normalized spacial score (nSPS) is 15.4. The van der Waals surface area contributed by atoms with Crippen LogP contribution in [0.25, 0.3) is 0 Å². The van der Waals surface area contributed by atoms with Gasteiger partial charge in [-0.25, -0.2) is 0 Å². The van der Waals surface area contributed by atoms with Crippen molar-refractivity contribution >= 4 is 23.4 Å². The number of furan rings is 1. The van der Waals surface area contributed by atoms with Crippen LogP contribution >= 0.6 is 11.6 Å². The molecular formula is C20H24ClN3O3. The van der Waals surface area contributed by atoms with Crippen LogP contribution in [0.15, 0.2) is 47.3 Å². The van der Waals surface area contributed by atoms with Gasteiger partial charge in [-0.3, -0.25) is 14.5 Å². The van der Waals surface area contributed by atoms with Crippen LogP contribution in [0.4, 0.5) is 0 Å². The number of halogens is 1. The Bertz CT molecular complexity index is 738. The van der Waals surface area contributed by atoms with Gasteiger partial charge in [0.05, 0.1) is 18.4 Å². The molecule has 1 aliphatic rings. The number of benzene rings is 1. The summed E-state index contributed by atoms with van der Waals surface area (Å²) in [4.78, 5) is 26.1. The first kappa shape index (κ1) is 19.5. The lowest BCUT2D eigenvalue weighted by molar-refractivity contribution is -0.120. The van der Waals surface area contributed by atoms with Gasteiger partial charge in [0.2, 0.25) is 5.91 Å². The summed E-state index contributed by atoms with van der Waals surface area (Å²) in [6, 6.07) is 9.53. The number of nitrogens with one attached hydrogen (secondary N) is 2. The van der Waals surface area contributed by atoms with Crippen LogP contribution in [-0.2, 0) is 11.3 Å². The van der Waals surface area contributed by atoms with Crippen molar-refractivity contribution in [3.8, 4) is 0 Å². The Morgan fingerprint density at radius 3 is 2.52 bits per heavy atom. The van der Waals surface area contributed by atoms with Crippen LogP contribution in [0.3, 0.4) is 0 Å². The van der Waals surface area contributed by atoms with Crippen molar-refractivity contribution in [3.05, 3.63) is 59.0 Å². The molecule has 2 amide bonds. The van der Waals surface area contributed by atoms with Gasteiger partial charge in [-0.15, -0.1) is 0 Å². The average molecular weight is 390 g/mol. The molecule has 2 heterocycles. The minimum Gasteiger partial charge on any atom is -0.472 e. The molecule has 1 saturated heterocycles. The molecule has 27 heavy (non-hydrogen) atoms. The monoisotopic (exact) mass is 389 g/mol. The van der Waals surface area contributed by atoms with Gasteiger partial charge < -0.3 is 15.1 Å². The van der Waals surface area contributed by atoms with E-state index in [9.17, 15) is 9.59 Å². The van der Waals surface area contributed by atoms with Crippen LogP contribution < -0.4 is 10.6 Å². The van der Waals surface area contributed by atoms with E-state index in [1.54, 1.807) is 6.07 Å². The first-order valence-corrected chi connectivity index (χ1v) is 9.52. The number of hydrogen-bond donors (Lipinski definition) is 2. The molecule has 0 radical (unpaired) electrons. The van der Waals surface area contributed by atoms with Crippen molar-refractivity contribution in [2.24, 2.45) is 5.92 Å². The number of carbonyl (C=O) groups is 2. The molecule has 0 atom stereocenters. The molecule has 0 spiro atoms. The highest BCUT2D eigenvalue weighted by Gasteiger charge is 2.20. The summed E-state index contributed by atoms with van der Waals surface area (Å²) in [5.74, 6) is -0.00941. The van der Waals surface area contributed by atoms with Crippen molar-refractivity contribution in [2.75, 3.05) is 26.2 Å². The lowest BCUT2D eigenvalue weighted by atomic mass is 9.96. The highest BCUT2D eigenvalue weighted by Crippen LogP contribution is 2.19. The van der Waals surface area contributed by atoms with Crippen molar-refractivity contribution in [3.63, 3.8) is 0 Å². The number of amides is 2. The fourth-order valence-electron chi connectivity index (χ4n) is 3.17. The Kier molecular flexibility index (Phi) is 6.90. The van der Waals surface area contributed by atoms with E-state index in [1.807, 2.05) is 12.1 Å². The molecule has 3 rings (SSSR count). The molecular weight excluding hydrogens is 366 g/mol. The Morgan fingerprint density at radius 1 is 1.11 bits per heavy atom. The standard InChI is InChI=1S/C20H24ClN3O3/c21-18-3-1-16(2-4-18)13-24-8-5-15(6-9-24)11-22-19(25)12-23-20(26)17-7-10-27-14-17/h1-4,7,10,14-15H,5-6,8-9,11-13H2,(H,22,25)(H,23,26). The molecule has 0 aliphatic carbocycles. The Balaban J connectivity index is 1.31. The van der Waals surface area contributed by atoms with Gasteiger partial charge in [0.25, 0.3) is 5.91 Å². The topological polar surface area (TPSA) is 74.6 Å². The van der Waals surface area contributed by atoms with Crippen molar-refractivity contribution in [1.29, 1.82) is 0 Å². The third kappa shape index (κ3) is 6.12. The SMILES string of the molecule is O=C(CNC(=O)c1ccoc1)NCC1CCN(Cc2ccc(Cl)cc2)CC1. The van der Waals surface area contributed by atoms with Gasteiger partial charge in [0, 0.05) is 18.1 Å². The van der Waals surface area contributed by atoms with Crippen molar-refractivity contribution < 1.29 is 14.0 Å². The summed E-state index contributed by atoms with van der Waals surface area (Å²) in [6.45, 7) is 3.58. The van der Waals surface area contributed by atoms with Gasteiger partial charge in [-0.05, 0) is 55.6 Å². The van der Waals surface area contributed by atoms with Crippen LogP contribution in [-0.4, -0.2) is 42.9 Å². The van der Waals surface area contributed by atoms with E-state index in [2.05, 4.69) is 27.7 Å². The van der Waals surface area contributed by atoms with E-state index in [1.165, 1.54) is 18.1 Å². The quantitative estimate of drug-likeness (QED) is 0.763.